The third-order valence-electron chi connectivity index (χ3n) is 3.45. The van der Waals surface area contributed by atoms with Crippen molar-refractivity contribution in [2.45, 2.75) is 37.5 Å². The molecule has 2 N–H and O–H groups in total. The molecule has 0 aromatic rings. The van der Waals surface area contributed by atoms with Gasteiger partial charge in [0.05, 0.1) is 13.2 Å². The van der Waals surface area contributed by atoms with Crippen molar-refractivity contribution in [2.75, 3.05) is 26.3 Å². The number of rotatable bonds is 4. The standard InChI is InChI=1S/C11H19F3N2O/c12-11(13,14)7-16(9-1-2-9)5-8-6-17-4-3-10(8)15/h8-10H,1-7,15H2. The SMILES string of the molecule is NC1CCOCC1CN(CC(F)(F)F)C1CC1. The van der Waals surface area contributed by atoms with Gasteiger partial charge in [-0.25, -0.2) is 0 Å². The summed E-state index contributed by atoms with van der Waals surface area (Å²) in [6.07, 6.45) is -1.63. The van der Waals surface area contributed by atoms with Gasteiger partial charge in [0.25, 0.3) is 0 Å². The maximum atomic E-state index is 12.4. The Balaban J connectivity index is 1.88. The fourth-order valence-electron chi connectivity index (χ4n) is 2.32. The lowest BCUT2D eigenvalue weighted by atomic mass is 9.96. The molecule has 100 valence electrons. The molecule has 0 radical (unpaired) electrons. The van der Waals surface area contributed by atoms with Crippen molar-refractivity contribution < 1.29 is 17.9 Å². The summed E-state index contributed by atoms with van der Waals surface area (Å²) in [7, 11) is 0. The Hall–Kier alpha value is -0.330. The first-order valence-corrected chi connectivity index (χ1v) is 6.10. The Bertz CT molecular complexity index is 256. The molecule has 2 rings (SSSR count). The molecule has 2 aliphatic rings. The molecular weight excluding hydrogens is 233 g/mol. The van der Waals surface area contributed by atoms with Crippen LogP contribution in [0.4, 0.5) is 13.2 Å². The normalized spacial score (nSPS) is 30.9. The first-order chi connectivity index (χ1) is 7.96. The van der Waals surface area contributed by atoms with E-state index in [2.05, 4.69) is 0 Å². The lowest BCUT2D eigenvalue weighted by Gasteiger charge is -2.34. The monoisotopic (exact) mass is 252 g/mol. The summed E-state index contributed by atoms with van der Waals surface area (Å²) < 4.78 is 42.6. The third-order valence-corrected chi connectivity index (χ3v) is 3.45. The quantitative estimate of drug-likeness (QED) is 0.821. The van der Waals surface area contributed by atoms with E-state index in [-0.39, 0.29) is 18.0 Å². The largest absolute Gasteiger partial charge is 0.401 e. The highest BCUT2D eigenvalue weighted by atomic mass is 19.4. The van der Waals surface area contributed by atoms with Crippen LogP contribution in [0.2, 0.25) is 0 Å². The molecule has 1 aliphatic carbocycles. The molecule has 3 nitrogen and oxygen atoms in total. The van der Waals surface area contributed by atoms with Crippen molar-refractivity contribution in [3.63, 3.8) is 0 Å². The zero-order chi connectivity index (χ0) is 12.5. The van der Waals surface area contributed by atoms with E-state index in [9.17, 15) is 13.2 Å². The first kappa shape index (κ1) is 13.1. The molecule has 0 spiro atoms. The van der Waals surface area contributed by atoms with Crippen LogP contribution < -0.4 is 5.73 Å². The first-order valence-electron chi connectivity index (χ1n) is 6.10. The second kappa shape index (κ2) is 5.12. The van der Waals surface area contributed by atoms with Crippen LogP contribution in [0, 0.1) is 5.92 Å². The number of hydrogen-bond acceptors (Lipinski definition) is 3. The topological polar surface area (TPSA) is 38.5 Å². The van der Waals surface area contributed by atoms with Crippen molar-refractivity contribution in [2.24, 2.45) is 11.7 Å². The summed E-state index contributed by atoms with van der Waals surface area (Å²) in [4.78, 5) is 1.53. The predicted octanol–water partition coefficient (Wildman–Crippen LogP) is 1.38. The van der Waals surface area contributed by atoms with Gasteiger partial charge in [0, 0.05) is 31.2 Å². The average molecular weight is 252 g/mol. The van der Waals surface area contributed by atoms with Crippen molar-refractivity contribution in [3.05, 3.63) is 0 Å². The van der Waals surface area contributed by atoms with Crippen LogP contribution in [-0.4, -0.2) is 49.5 Å². The lowest BCUT2D eigenvalue weighted by Crippen LogP contribution is -2.47. The van der Waals surface area contributed by atoms with Gasteiger partial charge in [-0.1, -0.05) is 0 Å². The molecule has 2 atom stereocenters. The van der Waals surface area contributed by atoms with Crippen molar-refractivity contribution in [1.29, 1.82) is 0 Å². The van der Waals surface area contributed by atoms with Gasteiger partial charge in [0.2, 0.25) is 0 Å². The van der Waals surface area contributed by atoms with E-state index in [4.69, 9.17) is 10.5 Å². The average Bonchev–Trinajstić information content (AvgIpc) is 3.01. The Morgan fingerprint density at radius 2 is 1.94 bits per heavy atom. The Morgan fingerprint density at radius 3 is 2.47 bits per heavy atom. The molecule has 2 fully saturated rings. The van der Waals surface area contributed by atoms with Crippen LogP contribution in [0.5, 0.6) is 0 Å². The molecule has 0 aromatic carbocycles. The minimum Gasteiger partial charge on any atom is -0.381 e. The van der Waals surface area contributed by atoms with E-state index in [1.807, 2.05) is 0 Å². The van der Waals surface area contributed by atoms with E-state index in [1.165, 1.54) is 4.90 Å². The maximum absolute atomic E-state index is 12.4. The van der Waals surface area contributed by atoms with Gasteiger partial charge >= 0.3 is 6.18 Å². The van der Waals surface area contributed by atoms with Crippen LogP contribution in [0.25, 0.3) is 0 Å². The van der Waals surface area contributed by atoms with E-state index < -0.39 is 12.7 Å². The number of halogens is 3. The highest BCUT2D eigenvalue weighted by molar-refractivity contribution is 4.89. The molecule has 0 amide bonds. The summed E-state index contributed by atoms with van der Waals surface area (Å²) in [6.45, 7) is 0.703. The van der Waals surface area contributed by atoms with Crippen LogP contribution in [0.3, 0.4) is 0 Å². The molecule has 1 saturated heterocycles. The van der Waals surface area contributed by atoms with E-state index in [0.29, 0.717) is 19.8 Å². The van der Waals surface area contributed by atoms with E-state index >= 15 is 0 Å². The summed E-state index contributed by atoms with van der Waals surface area (Å²) in [6, 6.07) is 0.0731. The molecule has 0 aromatic heterocycles. The third kappa shape index (κ3) is 4.12. The van der Waals surface area contributed by atoms with Gasteiger partial charge in [-0.2, -0.15) is 13.2 Å². The van der Waals surface area contributed by atoms with E-state index in [1.54, 1.807) is 0 Å². The molecule has 17 heavy (non-hydrogen) atoms. The second-order valence-corrected chi connectivity index (χ2v) is 5.06. The maximum Gasteiger partial charge on any atom is 0.401 e. The second-order valence-electron chi connectivity index (χ2n) is 5.06. The number of hydrogen-bond donors (Lipinski definition) is 1. The lowest BCUT2D eigenvalue weighted by molar-refractivity contribution is -0.150. The van der Waals surface area contributed by atoms with Crippen molar-refractivity contribution >= 4 is 0 Å². The molecular formula is C11H19F3N2O. The Morgan fingerprint density at radius 1 is 1.24 bits per heavy atom. The van der Waals surface area contributed by atoms with Crippen LogP contribution in [0.15, 0.2) is 0 Å². The number of alkyl halides is 3. The molecule has 1 heterocycles. The highest BCUT2D eigenvalue weighted by Gasteiger charge is 2.39. The highest BCUT2D eigenvalue weighted by Crippen LogP contribution is 2.31. The van der Waals surface area contributed by atoms with Gasteiger partial charge in [-0.15, -0.1) is 0 Å². The van der Waals surface area contributed by atoms with Gasteiger partial charge in [0.15, 0.2) is 0 Å². The van der Waals surface area contributed by atoms with Crippen molar-refractivity contribution in [3.8, 4) is 0 Å². The summed E-state index contributed by atoms with van der Waals surface area (Å²) >= 11 is 0. The van der Waals surface area contributed by atoms with Crippen LogP contribution in [0.1, 0.15) is 19.3 Å². The summed E-state index contributed by atoms with van der Waals surface area (Å²) in [5.41, 5.74) is 5.92. The van der Waals surface area contributed by atoms with E-state index in [0.717, 1.165) is 19.3 Å². The number of ether oxygens (including phenoxy) is 1. The molecule has 1 aliphatic heterocycles. The fraction of sp³-hybridized carbons (Fsp3) is 1.00. The van der Waals surface area contributed by atoms with Gasteiger partial charge in [-0.3, -0.25) is 4.90 Å². The number of nitrogens with zero attached hydrogens (tertiary/aromatic N) is 1. The predicted molar refractivity (Wildman–Crippen MR) is 57.6 cm³/mol. The molecule has 1 saturated carbocycles. The smallest absolute Gasteiger partial charge is 0.381 e. The Kier molecular flexibility index (Phi) is 3.95. The summed E-state index contributed by atoms with van der Waals surface area (Å²) in [5.74, 6) is 0.0340. The fourth-order valence-corrected chi connectivity index (χ4v) is 2.32. The Labute approximate surface area is 99.1 Å². The van der Waals surface area contributed by atoms with Gasteiger partial charge < -0.3 is 10.5 Å². The number of nitrogens with two attached hydrogens (primary N) is 1. The molecule has 6 heteroatoms. The zero-order valence-corrected chi connectivity index (χ0v) is 9.75. The molecule has 2 unspecified atom stereocenters. The van der Waals surface area contributed by atoms with Crippen LogP contribution in [-0.2, 0) is 4.74 Å². The van der Waals surface area contributed by atoms with Gasteiger partial charge in [0.1, 0.15) is 0 Å². The molecule has 0 bridgehead atoms. The van der Waals surface area contributed by atoms with Crippen molar-refractivity contribution in [1.82, 2.24) is 4.90 Å². The summed E-state index contributed by atoms with van der Waals surface area (Å²) in [5, 5.41) is 0. The minimum absolute atomic E-state index is 0.0294. The zero-order valence-electron chi connectivity index (χ0n) is 9.75. The minimum atomic E-state index is -4.12. The van der Waals surface area contributed by atoms with Gasteiger partial charge in [-0.05, 0) is 19.3 Å². The van der Waals surface area contributed by atoms with Crippen LogP contribution >= 0.6 is 0 Å².